The fourth-order valence-electron chi connectivity index (χ4n) is 0.111. The van der Waals surface area contributed by atoms with Crippen LogP contribution in [0.1, 0.15) is 0 Å². The first kappa shape index (κ1) is 7.88. The molecule has 0 heterocycles. The molecule has 0 atom stereocenters. The molecule has 0 saturated carbocycles. The second-order valence-electron chi connectivity index (χ2n) is 0.811. The fraction of sp³-hybridized carbons (Fsp3) is 0. The number of hydrogen-bond acceptors (Lipinski definition) is 1. The summed E-state index contributed by atoms with van der Waals surface area (Å²) < 4.78 is -0.142. The highest BCUT2D eigenvalue weighted by Gasteiger charge is 1.82. The van der Waals surface area contributed by atoms with Crippen LogP contribution in [0.3, 0.4) is 0 Å². The zero-order valence-electron chi connectivity index (χ0n) is 3.58. The molecule has 0 saturated heterocycles. The van der Waals surface area contributed by atoms with Crippen molar-refractivity contribution in [3.05, 3.63) is 15.3 Å². The molecular weight excluding hydrogens is 168 g/mol. The van der Waals surface area contributed by atoms with Crippen molar-refractivity contribution in [2.45, 2.75) is 0 Å². The Labute approximate surface area is 61.8 Å². The maximum atomic E-state index is 7.97. The molecule has 1 nitrogen and oxygen atoms in total. The lowest BCUT2D eigenvalue weighted by atomic mass is 10.7. The van der Waals surface area contributed by atoms with Crippen molar-refractivity contribution < 1.29 is 0 Å². The van der Waals surface area contributed by atoms with Crippen molar-refractivity contribution in [1.29, 1.82) is 5.26 Å². The van der Waals surface area contributed by atoms with Crippen molar-refractivity contribution in [3.63, 3.8) is 0 Å². The second kappa shape index (κ2) is 3.83. The molecule has 8 heavy (non-hydrogen) atoms. The van der Waals surface area contributed by atoms with Crippen LogP contribution in [0.4, 0.5) is 0 Å². The Hall–Kier alpha value is -0.120. The third-order valence-electron chi connectivity index (χ3n) is 0.302. The minimum atomic E-state index is -0.148. The second-order valence-corrected chi connectivity index (χ2v) is 2.14. The maximum Gasteiger partial charge on any atom is 0.162 e. The summed E-state index contributed by atoms with van der Waals surface area (Å²) in [5, 5.41) is 7.82. The average molecular weight is 168 g/mol. The van der Waals surface area contributed by atoms with E-state index in [-0.39, 0.29) is 9.52 Å². The van der Waals surface area contributed by atoms with Gasteiger partial charge in [-0.05, 0) is 0 Å². The summed E-state index contributed by atoms with van der Waals surface area (Å²) in [5.41, 5.74) is 2.16. The van der Waals surface area contributed by atoms with Crippen LogP contribution < -0.4 is 0 Å². The van der Waals surface area contributed by atoms with Gasteiger partial charge in [-0.1, -0.05) is 40.5 Å². The van der Waals surface area contributed by atoms with Gasteiger partial charge < -0.3 is 0 Å². The topological polar surface area (TPSA) is 23.8 Å². The molecule has 0 aliphatic carbocycles. The first-order valence-corrected chi connectivity index (χ1v) is 2.67. The van der Waals surface area contributed by atoms with Crippen molar-refractivity contribution in [3.8, 4) is 6.07 Å². The minimum Gasteiger partial charge on any atom is -0.191 e. The fourth-order valence-corrected chi connectivity index (χ4v) is 0.491. The summed E-state index contributed by atoms with van der Waals surface area (Å²) in [6, 6.07) is 1.58. The SMILES string of the molecule is N#CC(Cl)=C=C(Cl)Cl. The molecule has 0 fully saturated rings. The van der Waals surface area contributed by atoms with E-state index in [1.54, 1.807) is 6.07 Å². The Morgan fingerprint density at radius 3 is 1.88 bits per heavy atom. The molecule has 42 valence electrons. The van der Waals surface area contributed by atoms with Crippen LogP contribution in [0, 0.1) is 11.3 Å². The summed E-state index contributed by atoms with van der Waals surface area (Å²) in [4.78, 5) is 0. The zero-order chi connectivity index (χ0) is 6.57. The Kier molecular flexibility index (Phi) is 3.77. The van der Waals surface area contributed by atoms with Crippen LogP contribution in [0.15, 0.2) is 15.3 Å². The van der Waals surface area contributed by atoms with Crippen molar-refractivity contribution in [2.24, 2.45) is 0 Å². The highest BCUT2D eigenvalue weighted by atomic mass is 35.5. The minimum absolute atomic E-state index is 0.142. The summed E-state index contributed by atoms with van der Waals surface area (Å²) in [7, 11) is 0. The van der Waals surface area contributed by atoms with Crippen LogP contribution >= 0.6 is 34.8 Å². The molecule has 4 heteroatoms. The van der Waals surface area contributed by atoms with Gasteiger partial charge in [-0.3, -0.25) is 0 Å². The third kappa shape index (κ3) is 4.05. The van der Waals surface area contributed by atoms with Gasteiger partial charge in [0, 0.05) is 0 Å². The van der Waals surface area contributed by atoms with Crippen molar-refractivity contribution >= 4 is 34.8 Å². The Balaban J connectivity index is 4.44. The van der Waals surface area contributed by atoms with Crippen LogP contribution in [0.2, 0.25) is 0 Å². The molecule has 0 radical (unpaired) electrons. The first-order chi connectivity index (χ1) is 3.66. The lowest BCUT2D eigenvalue weighted by molar-refractivity contribution is 1.53. The summed E-state index contributed by atoms with van der Waals surface area (Å²) in [6.07, 6.45) is 0. The molecule has 0 aliphatic rings. The summed E-state index contributed by atoms with van der Waals surface area (Å²) >= 11 is 15.2. The molecule has 0 aliphatic heterocycles. The Bertz CT molecular complexity index is 178. The normalized spacial score (nSPS) is 6.75. The third-order valence-corrected chi connectivity index (χ3v) is 0.670. The van der Waals surface area contributed by atoms with Crippen LogP contribution in [0.25, 0.3) is 0 Å². The lowest BCUT2D eigenvalue weighted by Crippen LogP contribution is -1.53. The van der Waals surface area contributed by atoms with Crippen molar-refractivity contribution in [1.82, 2.24) is 0 Å². The molecule has 0 rings (SSSR count). The van der Waals surface area contributed by atoms with Crippen LogP contribution in [0.5, 0.6) is 0 Å². The summed E-state index contributed by atoms with van der Waals surface area (Å²) in [5.74, 6) is 0. The molecule has 0 unspecified atom stereocenters. The van der Waals surface area contributed by atoms with E-state index < -0.39 is 0 Å². The van der Waals surface area contributed by atoms with Gasteiger partial charge in [0.2, 0.25) is 0 Å². The van der Waals surface area contributed by atoms with Gasteiger partial charge in [0.05, 0.1) is 0 Å². The lowest BCUT2D eigenvalue weighted by Gasteiger charge is -1.69. The quantitative estimate of drug-likeness (QED) is 0.403. The number of hydrogen-bond donors (Lipinski definition) is 0. The summed E-state index contributed by atoms with van der Waals surface area (Å²) in [6.45, 7) is 0. The van der Waals surface area contributed by atoms with E-state index in [1.165, 1.54) is 0 Å². The molecule has 0 amide bonds. The van der Waals surface area contributed by atoms with Crippen LogP contribution in [-0.2, 0) is 0 Å². The predicted octanol–water partition coefficient (Wildman–Crippen LogP) is 2.55. The number of allylic oxidation sites excluding steroid dienone is 1. The van der Waals surface area contributed by atoms with E-state index in [4.69, 9.17) is 40.1 Å². The Morgan fingerprint density at radius 2 is 1.75 bits per heavy atom. The highest BCUT2D eigenvalue weighted by molar-refractivity contribution is 6.56. The van der Waals surface area contributed by atoms with E-state index in [1.807, 2.05) is 0 Å². The van der Waals surface area contributed by atoms with Gasteiger partial charge in [0.25, 0.3) is 0 Å². The van der Waals surface area contributed by atoms with E-state index in [0.717, 1.165) is 0 Å². The highest BCUT2D eigenvalue weighted by Crippen LogP contribution is 2.06. The van der Waals surface area contributed by atoms with E-state index in [0.29, 0.717) is 0 Å². The van der Waals surface area contributed by atoms with Crippen LogP contribution in [-0.4, -0.2) is 0 Å². The monoisotopic (exact) mass is 167 g/mol. The van der Waals surface area contributed by atoms with Gasteiger partial charge in [-0.25, -0.2) is 0 Å². The predicted molar refractivity (Wildman–Crippen MR) is 33.7 cm³/mol. The van der Waals surface area contributed by atoms with Gasteiger partial charge >= 0.3 is 0 Å². The standard InChI is InChI=1S/C4Cl3N/c5-3(2-8)1-4(6)7. The van der Waals surface area contributed by atoms with Gasteiger partial charge in [0.1, 0.15) is 6.07 Å². The van der Waals surface area contributed by atoms with Gasteiger partial charge in [0.15, 0.2) is 9.52 Å². The van der Waals surface area contributed by atoms with E-state index >= 15 is 0 Å². The number of nitrogens with zero attached hydrogens (tertiary/aromatic N) is 1. The van der Waals surface area contributed by atoms with E-state index in [2.05, 4.69) is 5.73 Å². The largest absolute Gasteiger partial charge is 0.191 e. The van der Waals surface area contributed by atoms with Crippen molar-refractivity contribution in [2.75, 3.05) is 0 Å². The molecule has 0 N–H and O–H groups in total. The molecule has 0 aromatic rings. The Morgan fingerprint density at radius 1 is 1.25 bits per heavy atom. The number of rotatable bonds is 0. The molecule has 0 bridgehead atoms. The molecule has 0 aromatic heterocycles. The first-order valence-electron chi connectivity index (χ1n) is 1.54. The average Bonchev–Trinajstić information content (AvgIpc) is 1.65. The number of nitriles is 1. The number of halogens is 3. The van der Waals surface area contributed by atoms with Gasteiger partial charge in [-0.15, -0.1) is 0 Å². The zero-order valence-corrected chi connectivity index (χ0v) is 5.85. The van der Waals surface area contributed by atoms with Gasteiger partial charge in [-0.2, -0.15) is 5.26 Å². The maximum absolute atomic E-state index is 7.97. The molecular formula is C4Cl3N. The molecule has 0 aromatic carbocycles. The van der Waals surface area contributed by atoms with E-state index in [9.17, 15) is 0 Å². The smallest absolute Gasteiger partial charge is 0.162 e. The molecule has 0 spiro atoms.